The molecule has 0 rings (SSSR count). The predicted octanol–water partition coefficient (Wildman–Crippen LogP) is 2.56. The summed E-state index contributed by atoms with van der Waals surface area (Å²) in [5.41, 5.74) is 0. The van der Waals surface area contributed by atoms with E-state index in [0.717, 1.165) is 38.5 Å². The topological polar surface area (TPSA) is 80.3 Å². The van der Waals surface area contributed by atoms with Gasteiger partial charge in [0.1, 0.15) is 12.3 Å². The molecule has 0 bridgehead atoms. The van der Waals surface area contributed by atoms with Gasteiger partial charge in [-0.25, -0.2) is 0 Å². The summed E-state index contributed by atoms with van der Waals surface area (Å²) in [7, 11) is -4.22. The summed E-state index contributed by atoms with van der Waals surface area (Å²) >= 11 is 0. The number of hydrogen-bond acceptors (Lipinski definition) is 4. The second-order valence-electron chi connectivity index (χ2n) is 3.53. The molecule has 0 aliphatic rings. The maximum Gasteiger partial charge on any atom is 2.00 e. The first-order valence-electron chi connectivity index (χ1n) is 5.78. The van der Waals surface area contributed by atoms with Crippen molar-refractivity contribution in [2.45, 2.75) is 52.4 Å². The number of hydrogen-bond donors (Lipinski definition) is 0. The van der Waals surface area contributed by atoms with Crippen molar-refractivity contribution in [1.29, 1.82) is 0 Å². The van der Waals surface area contributed by atoms with Crippen LogP contribution < -0.4 is 9.79 Å². The molecule has 0 radical (unpaired) electrons. The van der Waals surface area contributed by atoms with Gasteiger partial charge in [-0.05, 0) is 25.7 Å². The summed E-state index contributed by atoms with van der Waals surface area (Å²) in [5, 5.41) is 0. The number of unbranched alkanes of at least 4 members (excludes halogenated alkanes) is 4. The summed E-state index contributed by atoms with van der Waals surface area (Å²) in [6, 6.07) is 0. The summed E-state index contributed by atoms with van der Waals surface area (Å²) in [6.45, 7) is 4.11. The second-order valence-corrected chi connectivity index (χ2v) is 5.75. The molecule has 0 aromatic rings. The summed E-state index contributed by atoms with van der Waals surface area (Å²) in [5.74, 6) is 0. The van der Waals surface area contributed by atoms with Gasteiger partial charge in [0.2, 0.25) is 0 Å². The molecular formula is C10H22NiO4P2+2. The Hall–Kier alpha value is 0.614. The van der Waals surface area contributed by atoms with E-state index in [0.29, 0.717) is 12.3 Å². The average Bonchev–Trinajstić information content (AvgIpc) is 2.18. The first-order valence-corrected chi connectivity index (χ1v) is 8.50. The fraction of sp³-hybridized carbons (Fsp3) is 1.00. The fourth-order valence-electron chi connectivity index (χ4n) is 0.982. The maximum atomic E-state index is 9.91. The van der Waals surface area contributed by atoms with E-state index in [9.17, 15) is 18.9 Å². The van der Waals surface area contributed by atoms with E-state index < -0.39 is 16.1 Å². The van der Waals surface area contributed by atoms with Gasteiger partial charge in [-0.3, -0.25) is 0 Å². The van der Waals surface area contributed by atoms with Crippen LogP contribution in [0.5, 0.6) is 0 Å². The van der Waals surface area contributed by atoms with E-state index in [1.807, 2.05) is 0 Å². The van der Waals surface area contributed by atoms with Crippen molar-refractivity contribution < 1.29 is 35.4 Å². The molecule has 0 saturated carbocycles. The van der Waals surface area contributed by atoms with Crippen molar-refractivity contribution in [2.75, 3.05) is 12.3 Å². The number of rotatable bonds is 8. The Morgan fingerprint density at radius 3 is 1.24 bits per heavy atom. The van der Waals surface area contributed by atoms with E-state index in [1.54, 1.807) is 0 Å². The van der Waals surface area contributed by atoms with Crippen molar-refractivity contribution in [1.82, 2.24) is 0 Å². The first kappa shape index (κ1) is 22.8. The van der Waals surface area contributed by atoms with Gasteiger partial charge in [0.25, 0.3) is 0 Å². The fourth-order valence-corrected chi connectivity index (χ4v) is 1.95. The predicted molar refractivity (Wildman–Crippen MR) is 64.0 cm³/mol. The quantitative estimate of drug-likeness (QED) is 0.390. The van der Waals surface area contributed by atoms with Crippen LogP contribution in [0.25, 0.3) is 0 Å². The van der Waals surface area contributed by atoms with E-state index >= 15 is 0 Å². The molecule has 0 amide bonds. The SMILES string of the molecule is CCCCC[P+](=O)[O-].CCCCC[P+](=O)[O-].[Ni+2]. The van der Waals surface area contributed by atoms with E-state index in [2.05, 4.69) is 13.8 Å². The first-order chi connectivity index (χ1) is 7.54. The van der Waals surface area contributed by atoms with Crippen molar-refractivity contribution in [3.8, 4) is 0 Å². The molecule has 0 aliphatic carbocycles. The van der Waals surface area contributed by atoms with E-state index in [-0.39, 0.29) is 16.5 Å². The van der Waals surface area contributed by atoms with E-state index in [4.69, 9.17) is 0 Å². The molecule has 2 atom stereocenters. The summed E-state index contributed by atoms with van der Waals surface area (Å²) in [4.78, 5) is 19.8. The second kappa shape index (κ2) is 19.0. The Morgan fingerprint density at radius 1 is 0.765 bits per heavy atom. The van der Waals surface area contributed by atoms with Crippen LogP contribution in [0.4, 0.5) is 0 Å². The van der Waals surface area contributed by atoms with Crippen LogP contribution in [-0.4, -0.2) is 12.3 Å². The Kier molecular flexibility index (Phi) is 25.4. The molecule has 0 aromatic heterocycles. The molecule has 2 unspecified atom stereocenters. The van der Waals surface area contributed by atoms with Gasteiger partial charge >= 0.3 is 32.5 Å². The summed E-state index contributed by atoms with van der Waals surface area (Å²) in [6.07, 6.45) is 6.62. The molecule has 0 aliphatic heterocycles. The molecule has 104 valence electrons. The average molecular weight is 327 g/mol. The Balaban J connectivity index is -0.000000218. The van der Waals surface area contributed by atoms with Gasteiger partial charge in [-0.1, -0.05) is 35.8 Å². The maximum absolute atomic E-state index is 9.91. The standard InChI is InChI=1S/2C5H11O2P.Ni/c2*1-2-3-4-5-8(6)7;/h2*2-5H2,1H3;/q;;+2. The molecule has 0 aromatic carbocycles. The molecule has 17 heavy (non-hydrogen) atoms. The molecule has 0 N–H and O–H groups in total. The van der Waals surface area contributed by atoms with Crippen molar-refractivity contribution >= 4 is 16.1 Å². The molecular weight excluding hydrogens is 305 g/mol. The van der Waals surface area contributed by atoms with Crippen LogP contribution >= 0.6 is 16.1 Å². The zero-order valence-electron chi connectivity index (χ0n) is 10.5. The van der Waals surface area contributed by atoms with Crippen LogP contribution in [0.2, 0.25) is 0 Å². The van der Waals surface area contributed by atoms with Gasteiger partial charge in [0.05, 0.1) is 0 Å². The zero-order chi connectivity index (χ0) is 12.8. The van der Waals surface area contributed by atoms with Crippen LogP contribution in [0.1, 0.15) is 52.4 Å². The Labute approximate surface area is 116 Å². The van der Waals surface area contributed by atoms with Crippen LogP contribution in [0, 0.1) is 0 Å². The third kappa shape index (κ3) is 31.5. The Morgan fingerprint density at radius 2 is 1.06 bits per heavy atom. The molecule has 7 heteroatoms. The van der Waals surface area contributed by atoms with Crippen molar-refractivity contribution in [3.05, 3.63) is 0 Å². The van der Waals surface area contributed by atoms with Gasteiger partial charge in [0.15, 0.2) is 0 Å². The minimum absolute atomic E-state index is 0. The monoisotopic (exact) mass is 326 g/mol. The van der Waals surface area contributed by atoms with Crippen LogP contribution in [0.3, 0.4) is 0 Å². The van der Waals surface area contributed by atoms with Gasteiger partial charge in [-0.15, -0.1) is 0 Å². The molecule has 0 fully saturated rings. The van der Waals surface area contributed by atoms with Gasteiger partial charge in [0, 0.05) is 0 Å². The van der Waals surface area contributed by atoms with Crippen LogP contribution in [-0.2, 0) is 25.6 Å². The minimum Gasteiger partial charge on any atom is -0.596 e. The van der Waals surface area contributed by atoms with Crippen LogP contribution in [0.15, 0.2) is 0 Å². The van der Waals surface area contributed by atoms with Crippen molar-refractivity contribution in [2.24, 2.45) is 0 Å². The molecule has 0 heterocycles. The normalized spacial score (nSPS) is 10.8. The molecule has 4 nitrogen and oxygen atoms in total. The largest absolute Gasteiger partial charge is 2.00 e. The smallest absolute Gasteiger partial charge is 0.596 e. The minimum atomic E-state index is -2.11. The third-order valence-corrected chi connectivity index (χ3v) is 3.25. The van der Waals surface area contributed by atoms with E-state index in [1.165, 1.54) is 0 Å². The molecule has 0 saturated heterocycles. The molecule has 0 spiro atoms. The van der Waals surface area contributed by atoms with Gasteiger partial charge in [-0.2, -0.15) is 0 Å². The Bertz CT molecular complexity index is 171. The summed E-state index contributed by atoms with van der Waals surface area (Å²) < 4.78 is 19.8. The zero-order valence-corrected chi connectivity index (χ0v) is 13.3. The third-order valence-electron chi connectivity index (χ3n) is 1.89. The van der Waals surface area contributed by atoms with Crippen molar-refractivity contribution in [3.63, 3.8) is 0 Å². The van der Waals surface area contributed by atoms with Gasteiger partial charge < -0.3 is 9.79 Å².